The number of likely N-dealkylation sites (tertiary alicyclic amines) is 1. The van der Waals surface area contributed by atoms with E-state index in [1.54, 1.807) is 0 Å². The fourth-order valence-electron chi connectivity index (χ4n) is 2.12. The number of piperidine rings is 1. The summed E-state index contributed by atoms with van der Waals surface area (Å²) >= 11 is 0. The molecule has 0 aromatic rings. The summed E-state index contributed by atoms with van der Waals surface area (Å²) < 4.78 is 0. The number of hydrogen-bond acceptors (Lipinski definition) is 3. The van der Waals surface area contributed by atoms with Crippen molar-refractivity contribution in [2.45, 2.75) is 26.3 Å². The van der Waals surface area contributed by atoms with Crippen LogP contribution in [0.4, 0.5) is 0 Å². The third-order valence-corrected chi connectivity index (χ3v) is 2.97. The zero-order chi connectivity index (χ0) is 10.3. The average molecular weight is 196 g/mol. The van der Waals surface area contributed by atoms with Gasteiger partial charge in [-0.2, -0.15) is 0 Å². The van der Waals surface area contributed by atoms with Crippen LogP contribution >= 0.6 is 0 Å². The van der Waals surface area contributed by atoms with Gasteiger partial charge in [-0.05, 0) is 19.9 Å². The maximum Gasteiger partial charge on any atom is 0.233 e. The Kier molecular flexibility index (Phi) is 2.31. The van der Waals surface area contributed by atoms with E-state index in [1.807, 2.05) is 13.8 Å². The minimum absolute atomic E-state index is 0.0383. The first-order valence-electron chi connectivity index (χ1n) is 5.23. The Morgan fingerprint density at radius 1 is 1.43 bits per heavy atom. The average Bonchev–Trinajstić information content (AvgIpc) is 2.87. The van der Waals surface area contributed by atoms with Crippen LogP contribution in [-0.4, -0.2) is 35.8 Å². The van der Waals surface area contributed by atoms with Gasteiger partial charge in [0, 0.05) is 12.6 Å². The summed E-state index contributed by atoms with van der Waals surface area (Å²) in [5, 5.41) is 3.20. The molecule has 1 saturated heterocycles. The molecule has 0 bridgehead atoms. The molecule has 78 valence electrons. The molecule has 0 radical (unpaired) electrons. The number of carbonyl (C=O) groups excluding carboxylic acids is 2. The summed E-state index contributed by atoms with van der Waals surface area (Å²) in [7, 11) is 0. The number of fused-ring (bicyclic) bond motifs is 1. The lowest BCUT2D eigenvalue weighted by molar-refractivity contribution is -0.141. The lowest BCUT2D eigenvalue weighted by atomic mass is 10.3. The van der Waals surface area contributed by atoms with Gasteiger partial charge in [0.1, 0.15) is 0 Å². The van der Waals surface area contributed by atoms with Crippen LogP contribution in [-0.2, 0) is 9.59 Å². The highest BCUT2D eigenvalue weighted by molar-refractivity contribution is 6.08. The van der Waals surface area contributed by atoms with Crippen LogP contribution < -0.4 is 5.32 Å². The first kappa shape index (κ1) is 9.65. The van der Waals surface area contributed by atoms with Crippen molar-refractivity contribution in [3.05, 3.63) is 0 Å². The van der Waals surface area contributed by atoms with Crippen molar-refractivity contribution in [2.24, 2.45) is 11.8 Å². The summed E-state index contributed by atoms with van der Waals surface area (Å²) in [5.41, 5.74) is 0. The van der Waals surface area contributed by atoms with Crippen LogP contribution in [0.25, 0.3) is 0 Å². The molecule has 1 aliphatic carbocycles. The Balaban J connectivity index is 1.92. The fourth-order valence-corrected chi connectivity index (χ4v) is 2.12. The fraction of sp³-hybridized carbons (Fsp3) is 0.800. The maximum absolute atomic E-state index is 11.6. The Labute approximate surface area is 83.6 Å². The van der Waals surface area contributed by atoms with E-state index in [2.05, 4.69) is 5.32 Å². The number of rotatable bonds is 4. The van der Waals surface area contributed by atoms with Crippen LogP contribution in [0.5, 0.6) is 0 Å². The summed E-state index contributed by atoms with van der Waals surface area (Å²) in [5.74, 6) is 0.169. The Morgan fingerprint density at radius 3 is 2.50 bits per heavy atom. The van der Waals surface area contributed by atoms with E-state index >= 15 is 0 Å². The molecule has 4 nitrogen and oxygen atoms in total. The lowest BCUT2D eigenvalue weighted by Crippen LogP contribution is -2.43. The van der Waals surface area contributed by atoms with E-state index in [1.165, 1.54) is 4.90 Å². The molecule has 0 spiro atoms. The number of nitrogens with zero attached hydrogens (tertiary/aromatic N) is 1. The zero-order valence-corrected chi connectivity index (χ0v) is 8.62. The maximum atomic E-state index is 11.6. The second-order valence-corrected chi connectivity index (χ2v) is 4.19. The molecule has 14 heavy (non-hydrogen) atoms. The van der Waals surface area contributed by atoms with E-state index in [9.17, 15) is 9.59 Å². The molecule has 1 aliphatic heterocycles. The predicted octanol–water partition coefficient (Wildman–Crippen LogP) is -0.0107. The van der Waals surface area contributed by atoms with E-state index in [4.69, 9.17) is 0 Å². The van der Waals surface area contributed by atoms with Gasteiger partial charge in [0.05, 0.1) is 11.8 Å². The highest BCUT2D eigenvalue weighted by atomic mass is 16.2. The Hall–Kier alpha value is -0.900. The first-order valence-corrected chi connectivity index (χ1v) is 5.23. The zero-order valence-electron chi connectivity index (χ0n) is 8.62. The molecular formula is C10H16N2O2. The topological polar surface area (TPSA) is 49.4 Å². The molecule has 2 rings (SSSR count). The second kappa shape index (κ2) is 3.35. The molecule has 0 aromatic carbocycles. The Bertz CT molecular complexity index is 257. The van der Waals surface area contributed by atoms with Gasteiger partial charge in [0.15, 0.2) is 0 Å². The van der Waals surface area contributed by atoms with Crippen molar-refractivity contribution < 1.29 is 9.59 Å². The van der Waals surface area contributed by atoms with Gasteiger partial charge >= 0.3 is 0 Å². The number of likely N-dealkylation sites (N-methyl/N-ethyl adjacent to an activating group) is 1. The smallest absolute Gasteiger partial charge is 0.233 e. The van der Waals surface area contributed by atoms with Gasteiger partial charge in [-0.25, -0.2) is 0 Å². The summed E-state index contributed by atoms with van der Waals surface area (Å²) in [4.78, 5) is 24.6. The molecule has 2 aliphatic rings. The standard InChI is InChI=1S/C10H16N2O2/c1-3-11-6(2)5-12-9(13)7-4-8(7)10(12)14/h6-8,11H,3-5H2,1-2H3. The quantitative estimate of drug-likeness (QED) is 0.643. The van der Waals surface area contributed by atoms with Crippen LogP contribution in [0.3, 0.4) is 0 Å². The first-order chi connectivity index (χ1) is 6.65. The lowest BCUT2D eigenvalue weighted by Gasteiger charge is -2.21. The Morgan fingerprint density at radius 2 is 2.00 bits per heavy atom. The largest absolute Gasteiger partial charge is 0.313 e. The third kappa shape index (κ3) is 1.43. The molecular weight excluding hydrogens is 180 g/mol. The van der Waals surface area contributed by atoms with E-state index in [0.29, 0.717) is 6.54 Å². The van der Waals surface area contributed by atoms with E-state index in [-0.39, 0.29) is 29.7 Å². The molecule has 3 atom stereocenters. The number of hydrogen-bond donors (Lipinski definition) is 1. The molecule has 2 fully saturated rings. The van der Waals surface area contributed by atoms with Gasteiger partial charge in [0.25, 0.3) is 0 Å². The molecule has 1 N–H and O–H groups in total. The molecule has 2 amide bonds. The van der Waals surface area contributed by atoms with Gasteiger partial charge in [-0.15, -0.1) is 0 Å². The van der Waals surface area contributed by atoms with Gasteiger partial charge < -0.3 is 5.32 Å². The second-order valence-electron chi connectivity index (χ2n) is 4.19. The predicted molar refractivity (Wildman–Crippen MR) is 51.5 cm³/mol. The number of carbonyl (C=O) groups is 2. The van der Waals surface area contributed by atoms with Crippen molar-refractivity contribution in [3.63, 3.8) is 0 Å². The molecule has 0 aromatic heterocycles. The molecule has 1 heterocycles. The summed E-state index contributed by atoms with van der Waals surface area (Å²) in [6.45, 7) is 5.40. The van der Waals surface area contributed by atoms with Crippen LogP contribution in [0.2, 0.25) is 0 Å². The van der Waals surface area contributed by atoms with Gasteiger partial charge in [0.2, 0.25) is 11.8 Å². The van der Waals surface area contributed by atoms with E-state index < -0.39 is 0 Å². The molecule has 3 unspecified atom stereocenters. The van der Waals surface area contributed by atoms with Gasteiger partial charge in [-0.3, -0.25) is 14.5 Å². The normalized spacial score (nSPS) is 32.0. The van der Waals surface area contributed by atoms with Crippen molar-refractivity contribution in [2.75, 3.05) is 13.1 Å². The van der Waals surface area contributed by atoms with Crippen molar-refractivity contribution in [1.29, 1.82) is 0 Å². The van der Waals surface area contributed by atoms with Crippen LogP contribution in [0.1, 0.15) is 20.3 Å². The summed E-state index contributed by atoms with van der Waals surface area (Å²) in [6.07, 6.45) is 0.795. The van der Waals surface area contributed by atoms with Crippen molar-refractivity contribution >= 4 is 11.8 Å². The SMILES string of the molecule is CCNC(C)CN1C(=O)C2CC2C1=O. The molecule has 1 saturated carbocycles. The summed E-state index contributed by atoms with van der Waals surface area (Å²) in [6, 6.07) is 0.199. The number of imide groups is 1. The van der Waals surface area contributed by atoms with Gasteiger partial charge in [-0.1, -0.05) is 6.92 Å². The van der Waals surface area contributed by atoms with Crippen molar-refractivity contribution in [1.82, 2.24) is 10.2 Å². The highest BCUT2D eigenvalue weighted by Crippen LogP contribution is 2.46. The highest BCUT2D eigenvalue weighted by Gasteiger charge is 2.58. The van der Waals surface area contributed by atoms with E-state index in [0.717, 1.165) is 13.0 Å². The van der Waals surface area contributed by atoms with Crippen molar-refractivity contribution in [3.8, 4) is 0 Å². The third-order valence-electron chi connectivity index (χ3n) is 2.97. The minimum Gasteiger partial charge on any atom is -0.313 e. The van der Waals surface area contributed by atoms with Crippen LogP contribution in [0, 0.1) is 11.8 Å². The number of amides is 2. The van der Waals surface area contributed by atoms with Crippen LogP contribution in [0.15, 0.2) is 0 Å². The molecule has 4 heteroatoms. The monoisotopic (exact) mass is 196 g/mol. The minimum atomic E-state index is 0.0383. The number of nitrogens with one attached hydrogen (secondary N) is 1.